The highest BCUT2D eigenvalue weighted by Gasteiger charge is 2.20. The molecule has 3 rings (SSSR count). The number of piperidine rings is 1. The Morgan fingerprint density at radius 3 is 2.95 bits per heavy atom. The van der Waals surface area contributed by atoms with Gasteiger partial charge in [0, 0.05) is 19.1 Å². The van der Waals surface area contributed by atoms with Crippen molar-refractivity contribution < 1.29 is 8.94 Å². The summed E-state index contributed by atoms with van der Waals surface area (Å²) in [6, 6.07) is 4.28. The molecule has 3 heterocycles. The monoisotopic (exact) mass is 262 g/mol. The van der Waals surface area contributed by atoms with Gasteiger partial charge in [-0.05, 0) is 32.0 Å². The van der Waals surface area contributed by atoms with Crippen LogP contribution < -0.4 is 5.32 Å². The summed E-state index contributed by atoms with van der Waals surface area (Å²) in [5, 5.41) is 7.26. The average Bonchev–Trinajstić information content (AvgIpc) is 3.10. The Labute approximate surface area is 111 Å². The number of aromatic nitrogens is 2. The highest BCUT2D eigenvalue weighted by Crippen LogP contribution is 2.17. The molecule has 19 heavy (non-hydrogen) atoms. The van der Waals surface area contributed by atoms with Crippen LogP contribution in [0.1, 0.15) is 18.7 Å². The van der Waals surface area contributed by atoms with E-state index in [1.807, 2.05) is 19.2 Å². The van der Waals surface area contributed by atoms with E-state index in [1.54, 1.807) is 6.26 Å². The van der Waals surface area contributed by atoms with E-state index in [0.717, 1.165) is 25.9 Å². The summed E-state index contributed by atoms with van der Waals surface area (Å²) in [5.74, 6) is 1.81. The third-order valence-electron chi connectivity index (χ3n) is 3.56. The lowest BCUT2D eigenvalue weighted by Gasteiger charge is -2.30. The first-order valence-electron chi connectivity index (χ1n) is 6.61. The molecular weight excluding hydrogens is 244 g/mol. The van der Waals surface area contributed by atoms with Crippen LogP contribution in [0, 0.1) is 0 Å². The van der Waals surface area contributed by atoms with Gasteiger partial charge in [-0.1, -0.05) is 5.16 Å². The molecule has 102 valence electrons. The van der Waals surface area contributed by atoms with Gasteiger partial charge in [0.05, 0.1) is 12.8 Å². The van der Waals surface area contributed by atoms with E-state index in [1.165, 1.54) is 0 Å². The molecule has 0 saturated carbocycles. The molecule has 6 nitrogen and oxygen atoms in total. The molecule has 0 atom stereocenters. The van der Waals surface area contributed by atoms with Crippen LogP contribution in [0.2, 0.25) is 0 Å². The molecule has 0 amide bonds. The van der Waals surface area contributed by atoms with Crippen LogP contribution in [-0.4, -0.2) is 41.2 Å². The third kappa shape index (κ3) is 2.85. The summed E-state index contributed by atoms with van der Waals surface area (Å²) in [6.07, 6.45) is 3.93. The number of hydrogen-bond acceptors (Lipinski definition) is 6. The molecule has 0 aromatic carbocycles. The quantitative estimate of drug-likeness (QED) is 0.901. The number of rotatable bonds is 4. The second-order valence-corrected chi connectivity index (χ2v) is 4.83. The molecule has 0 unspecified atom stereocenters. The Morgan fingerprint density at radius 2 is 2.26 bits per heavy atom. The zero-order chi connectivity index (χ0) is 13.1. The Bertz CT molecular complexity index is 500. The highest BCUT2D eigenvalue weighted by atomic mass is 16.5. The minimum Gasteiger partial charge on any atom is -0.461 e. The van der Waals surface area contributed by atoms with Crippen molar-refractivity contribution in [2.75, 3.05) is 20.1 Å². The molecule has 2 aromatic rings. The van der Waals surface area contributed by atoms with Crippen molar-refractivity contribution in [1.29, 1.82) is 0 Å². The van der Waals surface area contributed by atoms with Gasteiger partial charge in [0.2, 0.25) is 11.7 Å². The van der Waals surface area contributed by atoms with E-state index >= 15 is 0 Å². The molecule has 1 aliphatic rings. The van der Waals surface area contributed by atoms with Crippen molar-refractivity contribution in [2.24, 2.45) is 0 Å². The van der Waals surface area contributed by atoms with Crippen LogP contribution in [0.4, 0.5) is 0 Å². The maximum absolute atomic E-state index is 5.27. The van der Waals surface area contributed by atoms with E-state index in [2.05, 4.69) is 20.4 Å². The van der Waals surface area contributed by atoms with Crippen LogP contribution in [0.5, 0.6) is 0 Å². The summed E-state index contributed by atoms with van der Waals surface area (Å²) >= 11 is 0. The van der Waals surface area contributed by atoms with Crippen molar-refractivity contribution >= 4 is 0 Å². The normalized spacial score (nSPS) is 17.9. The van der Waals surface area contributed by atoms with Crippen LogP contribution in [0.15, 0.2) is 27.3 Å². The molecule has 1 fully saturated rings. The number of nitrogens with zero attached hydrogens (tertiary/aromatic N) is 3. The lowest BCUT2D eigenvalue weighted by atomic mass is 10.1. The predicted molar refractivity (Wildman–Crippen MR) is 69.4 cm³/mol. The Morgan fingerprint density at radius 1 is 1.42 bits per heavy atom. The standard InChI is InChI=1S/C13H18N4O2/c1-14-10-4-6-17(7-5-10)9-12-15-13(16-19-12)11-3-2-8-18-11/h2-3,8,10,14H,4-7,9H2,1H3. The van der Waals surface area contributed by atoms with Gasteiger partial charge in [0.25, 0.3) is 0 Å². The zero-order valence-corrected chi connectivity index (χ0v) is 11.0. The van der Waals surface area contributed by atoms with Crippen LogP contribution >= 0.6 is 0 Å². The van der Waals surface area contributed by atoms with Crippen molar-refractivity contribution in [3.8, 4) is 11.6 Å². The molecule has 0 spiro atoms. The smallest absolute Gasteiger partial charge is 0.241 e. The Kier molecular flexibility index (Phi) is 3.61. The fourth-order valence-electron chi connectivity index (χ4n) is 2.40. The minimum absolute atomic E-state index is 0.519. The van der Waals surface area contributed by atoms with E-state index in [9.17, 15) is 0 Å². The van der Waals surface area contributed by atoms with Crippen LogP contribution in [0.3, 0.4) is 0 Å². The average molecular weight is 262 g/mol. The summed E-state index contributed by atoms with van der Waals surface area (Å²) in [4.78, 5) is 6.70. The van der Waals surface area contributed by atoms with Gasteiger partial charge in [-0.25, -0.2) is 0 Å². The van der Waals surface area contributed by atoms with Gasteiger partial charge >= 0.3 is 0 Å². The summed E-state index contributed by atoms with van der Waals surface area (Å²) in [7, 11) is 2.02. The number of likely N-dealkylation sites (tertiary alicyclic amines) is 1. The maximum Gasteiger partial charge on any atom is 0.241 e. The molecular formula is C13H18N4O2. The molecule has 0 radical (unpaired) electrons. The second kappa shape index (κ2) is 5.54. The van der Waals surface area contributed by atoms with Crippen molar-refractivity contribution in [1.82, 2.24) is 20.4 Å². The minimum atomic E-state index is 0.519. The Hall–Kier alpha value is -1.66. The summed E-state index contributed by atoms with van der Waals surface area (Å²) < 4.78 is 10.5. The van der Waals surface area contributed by atoms with Gasteiger partial charge in [0.15, 0.2) is 5.76 Å². The molecule has 6 heteroatoms. The first kappa shape index (κ1) is 12.4. The summed E-state index contributed by atoms with van der Waals surface area (Å²) in [5.41, 5.74) is 0. The van der Waals surface area contributed by atoms with Gasteiger partial charge in [0.1, 0.15) is 0 Å². The molecule has 0 aliphatic carbocycles. The van der Waals surface area contributed by atoms with Crippen molar-refractivity contribution in [2.45, 2.75) is 25.4 Å². The van der Waals surface area contributed by atoms with Crippen LogP contribution in [0.25, 0.3) is 11.6 Å². The third-order valence-corrected chi connectivity index (χ3v) is 3.56. The first-order chi connectivity index (χ1) is 9.35. The molecule has 1 aliphatic heterocycles. The topological polar surface area (TPSA) is 67.3 Å². The van der Waals surface area contributed by atoms with Gasteiger partial charge < -0.3 is 14.3 Å². The van der Waals surface area contributed by atoms with E-state index < -0.39 is 0 Å². The van der Waals surface area contributed by atoms with Crippen molar-refractivity contribution in [3.05, 3.63) is 24.3 Å². The maximum atomic E-state index is 5.27. The fraction of sp³-hybridized carbons (Fsp3) is 0.538. The zero-order valence-electron chi connectivity index (χ0n) is 11.0. The first-order valence-corrected chi connectivity index (χ1v) is 6.61. The van der Waals surface area contributed by atoms with E-state index in [4.69, 9.17) is 8.94 Å². The van der Waals surface area contributed by atoms with Gasteiger partial charge in [-0.15, -0.1) is 0 Å². The van der Waals surface area contributed by atoms with E-state index in [0.29, 0.717) is 30.1 Å². The molecule has 2 aromatic heterocycles. The Balaban J connectivity index is 1.59. The van der Waals surface area contributed by atoms with Crippen LogP contribution in [-0.2, 0) is 6.54 Å². The number of furan rings is 1. The SMILES string of the molecule is CNC1CCN(Cc2nc(-c3ccco3)no2)CC1. The second-order valence-electron chi connectivity index (χ2n) is 4.83. The lowest BCUT2D eigenvalue weighted by Crippen LogP contribution is -2.40. The van der Waals surface area contributed by atoms with E-state index in [-0.39, 0.29) is 0 Å². The fourth-order valence-corrected chi connectivity index (χ4v) is 2.40. The molecule has 1 saturated heterocycles. The predicted octanol–water partition coefficient (Wildman–Crippen LogP) is 1.51. The molecule has 1 N–H and O–H groups in total. The van der Waals surface area contributed by atoms with Crippen molar-refractivity contribution in [3.63, 3.8) is 0 Å². The summed E-state index contributed by atoms with van der Waals surface area (Å²) in [6.45, 7) is 2.83. The van der Waals surface area contributed by atoms with Gasteiger partial charge in [-0.2, -0.15) is 4.98 Å². The number of nitrogens with one attached hydrogen (secondary N) is 1. The lowest BCUT2D eigenvalue weighted by molar-refractivity contribution is 0.173. The largest absolute Gasteiger partial charge is 0.461 e. The molecule has 0 bridgehead atoms. The highest BCUT2D eigenvalue weighted by molar-refractivity contribution is 5.44. The number of hydrogen-bond donors (Lipinski definition) is 1. The van der Waals surface area contributed by atoms with Gasteiger partial charge in [-0.3, -0.25) is 4.90 Å².